The third-order valence-corrected chi connectivity index (χ3v) is 4.01. The number of rotatable bonds is 7. The molecule has 0 atom stereocenters. The van der Waals surface area contributed by atoms with Gasteiger partial charge in [-0.05, 0) is 39.3 Å². The van der Waals surface area contributed by atoms with Crippen LogP contribution in [0, 0.1) is 20.8 Å². The van der Waals surface area contributed by atoms with Gasteiger partial charge in [-0.25, -0.2) is 9.59 Å². The van der Waals surface area contributed by atoms with E-state index < -0.39 is 30.4 Å². The van der Waals surface area contributed by atoms with Crippen LogP contribution in [0.1, 0.15) is 54.9 Å². The number of nitrogens with two attached hydrogens (primary N) is 1. The summed E-state index contributed by atoms with van der Waals surface area (Å²) in [6, 6.07) is 5.28. The lowest BCUT2D eigenvalue weighted by molar-refractivity contribution is -0.119. The second kappa shape index (κ2) is 9.05. The lowest BCUT2D eigenvalue weighted by Crippen LogP contribution is -2.24. The minimum atomic E-state index is -0.979. The fourth-order valence-electron chi connectivity index (χ4n) is 2.64. The summed E-state index contributed by atoms with van der Waals surface area (Å²) < 4.78 is 15.2. The molecule has 1 aromatic carbocycles. The van der Waals surface area contributed by atoms with Gasteiger partial charge in [-0.15, -0.1) is 0 Å². The number of benzene rings is 1. The molecular formula is C20H22N2O7. The van der Waals surface area contributed by atoms with Gasteiger partial charge < -0.3 is 19.6 Å². The van der Waals surface area contributed by atoms with E-state index >= 15 is 0 Å². The van der Waals surface area contributed by atoms with E-state index in [2.05, 4.69) is 5.32 Å². The monoisotopic (exact) mass is 402 g/mol. The maximum absolute atomic E-state index is 12.2. The van der Waals surface area contributed by atoms with Crippen molar-refractivity contribution in [2.75, 3.05) is 18.5 Å². The van der Waals surface area contributed by atoms with E-state index in [0.717, 1.165) is 5.56 Å². The molecule has 0 aliphatic rings. The molecule has 2 rings (SSSR count). The van der Waals surface area contributed by atoms with Crippen LogP contribution in [-0.2, 0) is 14.3 Å². The molecule has 0 aliphatic heterocycles. The first kappa shape index (κ1) is 21.7. The van der Waals surface area contributed by atoms with Crippen LogP contribution in [0.15, 0.2) is 22.6 Å². The van der Waals surface area contributed by atoms with Crippen molar-refractivity contribution in [1.29, 1.82) is 0 Å². The summed E-state index contributed by atoms with van der Waals surface area (Å²) in [5, 5.41) is 2.29. The number of carbonyl (C=O) groups is 4. The van der Waals surface area contributed by atoms with Crippen LogP contribution in [0.3, 0.4) is 0 Å². The van der Waals surface area contributed by atoms with Gasteiger partial charge in [-0.1, -0.05) is 17.7 Å². The summed E-state index contributed by atoms with van der Waals surface area (Å²) in [7, 11) is 0. The number of furan rings is 1. The number of hydrogen-bond donors (Lipinski definition) is 2. The highest BCUT2D eigenvalue weighted by Gasteiger charge is 2.29. The van der Waals surface area contributed by atoms with E-state index in [1.165, 1.54) is 6.92 Å². The molecule has 2 amide bonds. The normalized spacial score (nSPS) is 10.3. The largest absolute Gasteiger partial charge is 0.462 e. The number of esters is 2. The van der Waals surface area contributed by atoms with Gasteiger partial charge >= 0.3 is 11.9 Å². The van der Waals surface area contributed by atoms with Crippen LogP contribution in [0.5, 0.6) is 0 Å². The molecule has 0 bridgehead atoms. The molecule has 1 heterocycles. The van der Waals surface area contributed by atoms with E-state index in [1.54, 1.807) is 26.0 Å². The lowest BCUT2D eigenvalue weighted by atomic mass is 10.1. The Kier molecular flexibility index (Phi) is 6.76. The standard InChI is InChI=1S/C20H22N2O7/c1-5-27-20(26)15-12(4)29-18(16(15)17(21)24)22-14(23)9-28-19(25)13-8-10(2)6-7-11(13)3/h6-8H,5,9H2,1-4H3,(H2,21,24)(H,22,23). The van der Waals surface area contributed by atoms with Crippen molar-refractivity contribution >= 4 is 29.6 Å². The first-order valence-corrected chi connectivity index (χ1v) is 8.80. The molecule has 2 aromatic rings. The van der Waals surface area contributed by atoms with Crippen LogP contribution < -0.4 is 11.1 Å². The SMILES string of the molecule is CCOC(=O)c1c(C)oc(NC(=O)COC(=O)c2cc(C)ccc2C)c1C(N)=O. The predicted molar refractivity (Wildman–Crippen MR) is 103 cm³/mol. The summed E-state index contributed by atoms with van der Waals surface area (Å²) in [5.74, 6) is -3.47. The number of hydrogen-bond acceptors (Lipinski definition) is 7. The Morgan fingerprint density at radius 2 is 1.72 bits per heavy atom. The maximum atomic E-state index is 12.2. The molecule has 0 spiro atoms. The highest BCUT2D eigenvalue weighted by atomic mass is 16.5. The van der Waals surface area contributed by atoms with E-state index in [9.17, 15) is 19.2 Å². The Hall–Kier alpha value is -3.62. The molecule has 0 unspecified atom stereocenters. The average molecular weight is 402 g/mol. The number of primary amides is 1. The van der Waals surface area contributed by atoms with Crippen molar-refractivity contribution in [2.45, 2.75) is 27.7 Å². The Labute approximate surface area is 167 Å². The molecule has 154 valence electrons. The number of amides is 2. The fraction of sp³-hybridized carbons (Fsp3) is 0.300. The van der Waals surface area contributed by atoms with Crippen molar-refractivity contribution in [2.24, 2.45) is 5.73 Å². The Morgan fingerprint density at radius 3 is 2.34 bits per heavy atom. The van der Waals surface area contributed by atoms with Gasteiger partial charge in [0.05, 0.1) is 12.2 Å². The smallest absolute Gasteiger partial charge is 0.342 e. The summed E-state index contributed by atoms with van der Waals surface area (Å²) in [5.41, 5.74) is 6.77. The van der Waals surface area contributed by atoms with Crippen LogP contribution >= 0.6 is 0 Å². The minimum Gasteiger partial charge on any atom is -0.462 e. The van der Waals surface area contributed by atoms with Gasteiger partial charge in [0.1, 0.15) is 16.9 Å². The van der Waals surface area contributed by atoms with Crippen molar-refractivity contribution in [3.8, 4) is 0 Å². The number of nitrogens with one attached hydrogen (secondary N) is 1. The van der Waals surface area contributed by atoms with Crippen molar-refractivity contribution in [3.05, 3.63) is 51.8 Å². The molecule has 9 nitrogen and oxygen atoms in total. The molecule has 1 aromatic heterocycles. The van der Waals surface area contributed by atoms with Crippen molar-refractivity contribution in [3.63, 3.8) is 0 Å². The molecule has 0 aliphatic carbocycles. The topological polar surface area (TPSA) is 138 Å². The van der Waals surface area contributed by atoms with Crippen molar-refractivity contribution < 1.29 is 33.1 Å². The Bertz CT molecular complexity index is 975. The molecule has 0 saturated carbocycles. The zero-order valence-corrected chi connectivity index (χ0v) is 16.6. The van der Waals surface area contributed by atoms with Gasteiger partial charge in [0.15, 0.2) is 6.61 Å². The van der Waals surface area contributed by atoms with Crippen LogP contribution in [0.4, 0.5) is 5.88 Å². The second-order valence-electron chi connectivity index (χ2n) is 6.26. The summed E-state index contributed by atoms with van der Waals surface area (Å²) >= 11 is 0. The van der Waals surface area contributed by atoms with Crippen LogP contribution in [0.25, 0.3) is 0 Å². The lowest BCUT2D eigenvalue weighted by Gasteiger charge is -2.08. The molecule has 0 saturated heterocycles. The zero-order valence-electron chi connectivity index (χ0n) is 16.6. The molecule has 0 fully saturated rings. The molecular weight excluding hydrogens is 380 g/mol. The Balaban J connectivity index is 2.13. The van der Waals surface area contributed by atoms with Gasteiger partial charge in [0.25, 0.3) is 11.8 Å². The first-order valence-electron chi connectivity index (χ1n) is 8.80. The van der Waals surface area contributed by atoms with E-state index in [4.69, 9.17) is 19.6 Å². The maximum Gasteiger partial charge on any atom is 0.342 e. The van der Waals surface area contributed by atoms with Gasteiger partial charge in [0.2, 0.25) is 5.88 Å². The average Bonchev–Trinajstić information content (AvgIpc) is 2.97. The summed E-state index contributed by atoms with van der Waals surface area (Å²) in [6.07, 6.45) is 0. The summed E-state index contributed by atoms with van der Waals surface area (Å²) in [4.78, 5) is 48.2. The molecule has 9 heteroatoms. The number of carbonyl (C=O) groups excluding carboxylic acids is 4. The number of anilines is 1. The third-order valence-electron chi connectivity index (χ3n) is 4.01. The van der Waals surface area contributed by atoms with E-state index in [0.29, 0.717) is 11.1 Å². The van der Waals surface area contributed by atoms with E-state index in [1.807, 2.05) is 13.0 Å². The van der Waals surface area contributed by atoms with Gasteiger partial charge in [0, 0.05) is 0 Å². The molecule has 29 heavy (non-hydrogen) atoms. The fourth-order valence-corrected chi connectivity index (χ4v) is 2.64. The highest BCUT2D eigenvalue weighted by molar-refractivity contribution is 6.10. The highest BCUT2D eigenvalue weighted by Crippen LogP contribution is 2.27. The first-order chi connectivity index (χ1) is 13.6. The predicted octanol–water partition coefficient (Wildman–Crippen LogP) is 2.28. The quantitative estimate of drug-likeness (QED) is 0.678. The minimum absolute atomic E-state index is 0.0555. The van der Waals surface area contributed by atoms with Gasteiger partial charge in [-0.3, -0.25) is 14.9 Å². The van der Waals surface area contributed by atoms with Crippen LogP contribution in [-0.4, -0.2) is 37.0 Å². The number of aryl methyl sites for hydroxylation is 3. The summed E-state index contributed by atoms with van der Waals surface area (Å²) in [6.45, 7) is 6.06. The van der Waals surface area contributed by atoms with Crippen molar-refractivity contribution in [1.82, 2.24) is 0 Å². The molecule has 0 radical (unpaired) electrons. The van der Waals surface area contributed by atoms with E-state index in [-0.39, 0.29) is 29.4 Å². The zero-order chi connectivity index (χ0) is 21.7. The number of ether oxygens (including phenoxy) is 2. The Morgan fingerprint density at radius 1 is 1.03 bits per heavy atom. The van der Waals surface area contributed by atoms with Crippen LogP contribution in [0.2, 0.25) is 0 Å². The molecule has 3 N–H and O–H groups in total. The second-order valence-corrected chi connectivity index (χ2v) is 6.26. The third kappa shape index (κ3) is 5.01. The van der Waals surface area contributed by atoms with Gasteiger partial charge in [-0.2, -0.15) is 0 Å².